The number of nitrogens with one attached hydrogen (secondary N) is 1. The first-order valence-corrected chi connectivity index (χ1v) is 9.61. The van der Waals surface area contributed by atoms with Crippen LogP contribution in [0.1, 0.15) is 32.7 Å². The third kappa shape index (κ3) is 3.99. The van der Waals surface area contributed by atoms with Crippen molar-refractivity contribution in [1.82, 2.24) is 0 Å². The normalized spacial score (nSPS) is 12.8. The number of hydrogen-bond acceptors (Lipinski definition) is 3. The number of aryl methyl sites for hydroxylation is 1. The summed E-state index contributed by atoms with van der Waals surface area (Å²) in [6, 6.07) is 22.1. The molecule has 1 aliphatic rings. The molecular formula is C24H22N2O3. The predicted molar refractivity (Wildman–Crippen MR) is 114 cm³/mol. The Bertz CT molecular complexity index is 1050. The summed E-state index contributed by atoms with van der Waals surface area (Å²) in [6.45, 7) is 0.691. The van der Waals surface area contributed by atoms with Gasteiger partial charge in [-0.05, 0) is 66.9 Å². The van der Waals surface area contributed by atoms with Crippen molar-refractivity contribution in [3.8, 4) is 5.75 Å². The van der Waals surface area contributed by atoms with Gasteiger partial charge in [-0.15, -0.1) is 0 Å². The number of hydrogen-bond donors (Lipinski definition) is 1. The van der Waals surface area contributed by atoms with Crippen LogP contribution in [0.3, 0.4) is 0 Å². The molecule has 0 unspecified atom stereocenters. The van der Waals surface area contributed by atoms with Gasteiger partial charge in [0.05, 0.1) is 7.11 Å². The lowest BCUT2D eigenvalue weighted by Crippen LogP contribution is -2.35. The zero-order valence-electron chi connectivity index (χ0n) is 16.2. The average Bonchev–Trinajstić information content (AvgIpc) is 2.78. The molecular weight excluding hydrogens is 364 g/mol. The third-order valence-corrected chi connectivity index (χ3v) is 5.05. The summed E-state index contributed by atoms with van der Waals surface area (Å²) in [5, 5.41) is 2.94. The minimum atomic E-state index is -0.197. The topological polar surface area (TPSA) is 58.6 Å². The van der Waals surface area contributed by atoms with E-state index in [1.54, 1.807) is 31.4 Å². The summed E-state index contributed by atoms with van der Waals surface area (Å²) in [6.07, 6.45) is 1.76. The van der Waals surface area contributed by atoms with Gasteiger partial charge >= 0.3 is 0 Å². The molecule has 1 heterocycles. The van der Waals surface area contributed by atoms with E-state index >= 15 is 0 Å². The van der Waals surface area contributed by atoms with Crippen molar-refractivity contribution in [2.24, 2.45) is 0 Å². The first-order valence-electron chi connectivity index (χ1n) is 9.61. The van der Waals surface area contributed by atoms with Gasteiger partial charge in [-0.25, -0.2) is 0 Å². The van der Waals surface area contributed by atoms with Crippen LogP contribution in [-0.2, 0) is 6.42 Å². The molecule has 0 bridgehead atoms. The van der Waals surface area contributed by atoms with E-state index in [2.05, 4.69) is 5.32 Å². The summed E-state index contributed by atoms with van der Waals surface area (Å²) in [4.78, 5) is 27.3. The quantitative estimate of drug-likeness (QED) is 0.716. The molecule has 0 radical (unpaired) electrons. The summed E-state index contributed by atoms with van der Waals surface area (Å²) < 4.78 is 5.18. The zero-order chi connectivity index (χ0) is 20.2. The van der Waals surface area contributed by atoms with E-state index in [1.807, 2.05) is 53.4 Å². The molecule has 0 spiro atoms. The lowest BCUT2D eigenvalue weighted by Gasteiger charge is -2.30. The molecule has 5 heteroatoms. The minimum absolute atomic E-state index is 0.000263. The summed E-state index contributed by atoms with van der Waals surface area (Å²) in [7, 11) is 1.57. The van der Waals surface area contributed by atoms with Gasteiger partial charge in [0.15, 0.2) is 0 Å². The van der Waals surface area contributed by atoms with Crippen molar-refractivity contribution in [3.63, 3.8) is 0 Å². The van der Waals surface area contributed by atoms with E-state index in [1.165, 1.54) is 0 Å². The number of methoxy groups -OCH3 is 1. The number of ether oxygens (including phenoxy) is 1. The molecule has 5 nitrogen and oxygen atoms in total. The molecule has 146 valence electrons. The van der Waals surface area contributed by atoms with E-state index < -0.39 is 0 Å². The summed E-state index contributed by atoms with van der Waals surface area (Å²) in [5.41, 5.74) is 3.89. The first kappa shape index (κ1) is 18.7. The maximum absolute atomic E-state index is 12.9. The van der Waals surface area contributed by atoms with Crippen LogP contribution >= 0.6 is 0 Å². The number of fused-ring (bicyclic) bond motifs is 1. The second kappa shape index (κ2) is 8.19. The maximum Gasteiger partial charge on any atom is 0.258 e. The van der Waals surface area contributed by atoms with Gasteiger partial charge in [0, 0.05) is 29.0 Å². The third-order valence-electron chi connectivity index (χ3n) is 5.05. The van der Waals surface area contributed by atoms with Crippen molar-refractivity contribution in [3.05, 3.63) is 89.5 Å². The van der Waals surface area contributed by atoms with Crippen LogP contribution in [0.25, 0.3) is 0 Å². The zero-order valence-corrected chi connectivity index (χ0v) is 16.2. The summed E-state index contributed by atoms with van der Waals surface area (Å²) in [5.74, 6) is 0.440. The van der Waals surface area contributed by atoms with Crippen molar-refractivity contribution in [2.45, 2.75) is 12.8 Å². The first-order chi connectivity index (χ1) is 14.2. The van der Waals surface area contributed by atoms with Gasteiger partial charge in [-0.2, -0.15) is 0 Å². The standard InChI is InChI=1S/C24H22N2O3/c1-29-21-11-5-9-19(16-21)23(27)25-20-12-13-22-18(15-20)10-6-14-26(22)24(28)17-7-3-2-4-8-17/h2-5,7-9,11-13,15-16H,6,10,14H2,1H3,(H,25,27). The van der Waals surface area contributed by atoms with E-state index in [4.69, 9.17) is 4.74 Å². The van der Waals surface area contributed by atoms with Crippen LogP contribution < -0.4 is 15.0 Å². The maximum atomic E-state index is 12.9. The molecule has 4 rings (SSSR count). The molecule has 2 amide bonds. The monoisotopic (exact) mass is 386 g/mol. The van der Waals surface area contributed by atoms with Crippen LogP contribution in [0, 0.1) is 0 Å². The lowest BCUT2D eigenvalue weighted by molar-refractivity contribution is 0.0983. The lowest BCUT2D eigenvalue weighted by atomic mass is 10.00. The molecule has 0 saturated carbocycles. The largest absolute Gasteiger partial charge is 0.497 e. The van der Waals surface area contributed by atoms with E-state index in [-0.39, 0.29) is 11.8 Å². The minimum Gasteiger partial charge on any atom is -0.497 e. The number of nitrogens with zero attached hydrogens (tertiary/aromatic N) is 1. The molecule has 0 aromatic heterocycles. The second-order valence-electron chi connectivity index (χ2n) is 6.96. The highest BCUT2D eigenvalue weighted by atomic mass is 16.5. The van der Waals surface area contributed by atoms with Crippen LogP contribution in [0.2, 0.25) is 0 Å². The molecule has 0 aliphatic carbocycles. The molecule has 0 fully saturated rings. The number of anilines is 2. The van der Waals surface area contributed by atoms with Crippen LogP contribution in [0.4, 0.5) is 11.4 Å². The van der Waals surface area contributed by atoms with E-state index in [9.17, 15) is 9.59 Å². The predicted octanol–water partition coefficient (Wildman–Crippen LogP) is 4.54. The molecule has 0 atom stereocenters. The smallest absolute Gasteiger partial charge is 0.258 e. The Kier molecular flexibility index (Phi) is 5.29. The van der Waals surface area contributed by atoms with E-state index in [0.717, 1.165) is 24.1 Å². The van der Waals surface area contributed by atoms with Crippen molar-refractivity contribution in [2.75, 3.05) is 23.9 Å². The molecule has 1 N–H and O–H groups in total. The molecule has 3 aromatic rings. The molecule has 1 aliphatic heterocycles. The Hall–Kier alpha value is -3.60. The number of rotatable bonds is 4. The van der Waals surface area contributed by atoms with Gasteiger partial charge in [0.25, 0.3) is 11.8 Å². The highest BCUT2D eigenvalue weighted by molar-refractivity contribution is 6.07. The Morgan fingerprint density at radius 3 is 2.52 bits per heavy atom. The fourth-order valence-corrected chi connectivity index (χ4v) is 3.59. The van der Waals surface area contributed by atoms with Gasteiger partial charge in [-0.1, -0.05) is 24.3 Å². The van der Waals surface area contributed by atoms with Crippen LogP contribution in [-0.4, -0.2) is 25.5 Å². The highest BCUT2D eigenvalue weighted by Crippen LogP contribution is 2.31. The number of benzene rings is 3. The molecule has 3 aromatic carbocycles. The fraction of sp³-hybridized carbons (Fsp3) is 0.167. The van der Waals surface area contributed by atoms with Crippen molar-refractivity contribution in [1.29, 1.82) is 0 Å². The van der Waals surface area contributed by atoms with Gasteiger partial charge in [0.1, 0.15) is 5.75 Å². The Labute approximate surface area is 169 Å². The second-order valence-corrected chi connectivity index (χ2v) is 6.96. The Balaban J connectivity index is 1.55. The van der Waals surface area contributed by atoms with Crippen LogP contribution in [0.5, 0.6) is 5.75 Å². The SMILES string of the molecule is COc1cccc(C(=O)Nc2ccc3c(c2)CCCN3C(=O)c2ccccc2)c1. The highest BCUT2D eigenvalue weighted by Gasteiger charge is 2.24. The van der Waals surface area contributed by atoms with Crippen molar-refractivity contribution >= 4 is 23.2 Å². The number of amides is 2. The fourth-order valence-electron chi connectivity index (χ4n) is 3.59. The molecule has 29 heavy (non-hydrogen) atoms. The average molecular weight is 386 g/mol. The Morgan fingerprint density at radius 1 is 0.931 bits per heavy atom. The van der Waals surface area contributed by atoms with Gasteiger partial charge in [-0.3, -0.25) is 9.59 Å². The van der Waals surface area contributed by atoms with Crippen LogP contribution in [0.15, 0.2) is 72.8 Å². The van der Waals surface area contributed by atoms with Gasteiger partial charge < -0.3 is 15.0 Å². The number of carbonyl (C=O) groups excluding carboxylic acids is 2. The van der Waals surface area contributed by atoms with Crippen molar-refractivity contribution < 1.29 is 14.3 Å². The van der Waals surface area contributed by atoms with Gasteiger partial charge in [0.2, 0.25) is 0 Å². The van der Waals surface area contributed by atoms with E-state index in [0.29, 0.717) is 29.1 Å². The molecule has 0 saturated heterocycles. The summed E-state index contributed by atoms with van der Waals surface area (Å²) >= 11 is 0. The number of carbonyl (C=O) groups is 2. The Morgan fingerprint density at radius 2 is 1.72 bits per heavy atom.